The van der Waals surface area contributed by atoms with E-state index in [0.29, 0.717) is 41.0 Å². The van der Waals surface area contributed by atoms with Gasteiger partial charge in [-0.15, -0.1) is 11.3 Å². The molecule has 3 aromatic heterocycles. The van der Waals surface area contributed by atoms with Gasteiger partial charge in [0.05, 0.1) is 16.9 Å². The maximum Gasteiger partial charge on any atom is 0.404 e. The van der Waals surface area contributed by atoms with Crippen molar-refractivity contribution >= 4 is 33.1 Å². The minimum Gasteiger partial charge on any atom is -0.436 e. The average molecular weight is 548 g/mol. The second-order valence-electron chi connectivity index (χ2n) is 7.92. The molecule has 0 amide bonds. The van der Waals surface area contributed by atoms with Gasteiger partial charge in [0.1, 0.15) is 22.6 Å². The van der Waals surface area contributed by atoms with Crippen molar-refractivity contribution in [3.8, 4) is 22.2 Å². The molecule has 4 heterocycles. The van der Waals surface area contributed by atoms with Crippen LogP contribution in [0, 0.1) is 6.92 Å². The molecular weight excluding hydrogens is 526 g/mol. The second kappa shape index (κ2) is 10.5. The summed E-state index contributed by atoms with van der Waals surface area (Å²) in [4.78, 5) is 17.4. The number of thiazole rings is 1. The quantitative estimate of drug-likeness (QED) is 0.363. The number of hydrogen-bond donors (Lipinski definition) is 3. The van der Waals surface area contributed by atoms with Crippen molar-refractivity contribution < 1.29 is 30.7 Å². The number of rotatable bonds is 8. The highest BCUT2D eigenvalue weighted by atomic mass is 32.2. The Hall–Kier alpha value is -3.11. The number of nitrogens with zero attached hydrogens (tertiary/aromatic N) is 4. The molecule has 1 saturated heterocycles. The molecule has 16 heteroatoms. The van der Waals surface area contributed by atoms with Crippen molar-refractivity contribution in [2.24, 2.45) is 0 Å². The summed E-state index contributed by atoms with van der Waals surface area (Å²) in [7, 11) is -4.66. The number of ether oxygens (including phenoxy) is 1. The van der Waals surface area contributed by atoms with E-state index < -0.39 is 28.1 Å². The van der Waals surface area contributed by atoms with Gasteiger partial charge >= 0.3 is 6.18 Å². The molecular formula is C20H21F4N7O3S2. The van der Waals surface area contributed by atoms with Gasteiger partial charge in [-0.25, -0.2) is 32.7 Å². The van der Waals surface area contributed by atoms with E-state index in [4.69, 9.17) is 4.74 Å². The topological polar surface area (TPSA) is 131 Å². The molecule has 0 unspecified atom stereocenters. The van der Waals surface area contributed by atoms with Crippen LogP contribution in [-0.2, 0) is 10.0 Å². The van der Waals surface area contributed by atoms with E-state index in [2.05, 4.69) is 30.6 Å². The van der Waals surface area contributed by atoms with Crippen molar-refractivity contribution in [2.75, 3.05) is 28.9 Å². The fourth-order valence-corrected chi connectivity index (χ4v) is 5.16. The molecule has 0 aromatic carbocycles. The Balaban J connectivity index is 1.47. The molecule has 0 aliphatic carbocycles. The number of anilines is 2. The molecule has 1 aliphatic heterocycles. The number of alkyl halides is 4. The van der Waals surface area contributed by atoms with Crippen molar-refractivity contribution in [1.82, 2.24) is 25.3 Å². The summed E-state index contributed by atoms with van der Waals surface area (Å²) in [6.07, 6.45) is -2.79. The summed E-state index contributed by atoms with van der Waals surface area (Å²) in [5.74, 6) is -1.61. The predicted molar refractivity (Wildman–Crippen MR) is 125 cm³/mol. The number of halogens is 4. The summed E-state index contributed by atoms with van der Waals surface area (Å²) in [5, 5.41) is 6.80. The van der Waals surface area contributed by atoms with E-state index in [1.54, 1.807) is 23.9 Å². The van der Waals surface area contributed by atoms with Crippen LogP contribution in [-0.4, -0.2) is 65.6 Å². The lowest BCUT2D eigenvalue weighted by molar-refractivity contribution is -0.106. The van der Waals surface area contributed by atoms with Crippen LogP contribution in [0.1, 0.15) is 11.4 Å². The lowest BCUT2D eigenvalue weighted by atomic mass is 10.1. The number of hydrogen-bond acceptors (Lipinski definition) is 10. The number of nitrogens with one attached hydrogen (secondary N) is 3. The Morgan fingerprint density at radius 1 is 1.19 bits per heavy atom. The first-order chi connectivity index (χ1) is 17.0. The summed E-state index contributed by atoms with van der Waals surface area (Å²) in [6.45, 7) is 2.67. The Kier molecular flexibility index (Phi) is 7.56. The van der Waals surface area contributed by atoms with Gasteiger partial charge in [0, 0.05) is 31.7 Å². The summed E-state index contributed by atoms with van der Waals surface area (Å²) >= 11 is 1.31. The molecule has 1 fully saturated rings. The zero-order valence-electron chi connectivity index (χ0n) is 18.7. The monoisotopic (exact) mass is 547 g/mol. The van der Waals surface area contributed by atoms with Crippen LogP contribution < -0.4 is 20.1 Å². The molecule has 3 N–H and O–H groups in total. The summed E-state index contributed by atoms with van der Waals surface area (Å²) in [6, 6.07) is 4.01. The number of pyridine rings is 1. The highest BCUT2D eigenvalue weighted by Crippen LogP contribution is 2.37. The molecule has 0 bridgehead atoms. The fourth-order valence-electron chi connectivity index (χ4n) is 3.40. The first-order valence-corrected chi connectivity index (χ1v) is 13.1. The Labute approximate surface area is 207 Å². The zero-order chi connectivity index (χ0) is 25.9. The Morgan fingerprint density at radius 2 is 2.00 bits per heavy atom. The van der Waals surface area contributed by atoms with Crippen LogP contribution in [0.15, 0.2) is 30.6 Å². The lowest BCUT2D eigenvalue weighted by Gasteiger charge is -2.26. The van der Waals surface area contributed by atoms with Crippen LogP contribution in [0.2, 0.25) is 0 Å². The SMILES string of the molecule is Cc1nc(Oc2ccc(NS(=O)(=O)CC(F)(F)F)nc2)c(-c2ccnc(N[C@@H]3CNC[C@@H](F)C3)n2)s1. The number of aromatic nitrogens is 4. The number of aryl methyl sites for hydroxylation is 1. The van der Waals surface area contributed by atoms with E-state index in [1.165, 1.54) is 23.5 Å². The van der Waals surface area contributed by atoms with Crippen molar-refractivity contribution in [3.05, 3.63) is 35.6 Å². The third-order valence-corrected chi connectivity index (χ3v) is 6.99. The highest BCUT2D eigenvalue weighted by Gasteiger charge is 2.35. The fraction of sp³-hybridized carbons (Fsp3) is 0.400. The van der Waals surface area contributed by atoms with E-state index in [-0.39, 0.29) is 23.5 Å². The van der Waals surface area contributed by atoms with Crippen LogP contribution in [0.4, 0.5) is 29.3 Å². The third kappa shape index (κ3) is 7.20. The van der Waals surface area contributed by atoms with Gasteiger partial charge in [-0.05, 0) is 25.1 Å². The van der Waals surface area contributed by atoms with Crippen molar-refractivity contribution in [2.45, 2.75) is 31.7 Å². The smallest absolute Gasteiger partial charge is 0.404 e. The molecule has 2 atom stereocenters. The predicted octanol–water partition coefficient (Wildman–Crippen LogP) is 3.51. The van der Waals surface area contributed by atoms with Crippen LogP contribution in [0.3, 0.4) is 0 Å². The van der Waals surface area contributed by atoms with Crippen LogP contribution in [0.5, 0.6) is 11.6 Å². The van der Waals surface area contributed by atoms with Crippen LogP contribution in [0.25, 0.3) is 10.6 Å². The van der Waals surface area contributed by atoms with Gasteiger partial charge in [-0.1, -0.05) is 0 Å². The maximum atomic E-state index is 13.7. The summed E-state index contributed by atoms with van der Waals surface area (Å²) < 4.78 is 81.7. The molecule has 4 rings (SSSR count). The standard InChI is InChI=1S/C20H21F4N7O3S2/c1-11-28-18(34-14-2-3-16(27-9-14)31-36(32,33)10-20(22,23)24)17(35-11)15-4-5-26-19(30-15)29-13-6-12(21)7-25-8-13/h2-5,9,12-13,25H,6-8,10H2,1H3,(H,27,31)(H,26,29,30)/t12-,13-/m0/s1. The first-order valence-electron chi connectivity index (χ1n) is 10.6. The highest BCUT2D eigenvalue weighted by molar-refractivity contribution is 7.92. The number of piperidine rings is 1. The van der Waals surface area contributed by atoms with Gasteiger partial charge < -0.3 is 15.4 Å². The van der Waals surface area contributed by atoms with Gasteiger partial charge in [0.15, 0.2) is 5.75 Å². The molecule has 0 saturated carbocycles. The van der Waals surface area contributed by atoms with E-state index in [0.717, 1.165) is 6.20 Å². The number of sulfonamides is 1. The minimum absolute atomic E-state index is 0.166. The van der Waals surface area contributed by atoms with Crippen molar-refractivity contribution in [3.63, 3.8) is 0 Å². The second-order valence-corrected chi connectivity index (χ2v) is 10.8. The summed E-state index contributed by atoms with van der Waals surface area (Å²) in [5.41, 5.74) is 0.512. The molecule has 0 spiro atoms. The van der Waals surface area contributed by atoms with Gasteiger partial charge in [-0.2, -0.15) is 13.2 Å². The molecule has 1 aliphatic rings. The Morgan fingerprint density at radius 3 is 2.69 bits per heavy atom. The van der Waals surface area contributed by atoms with E-state index in [9.17, 15) is 26.0 Å². The van der Waals surface area contributed by atoms with Gasteiger partial charge in [0.25, 0.3) is 0 Å². The van der Waals surface area contributed by atoms with Crippen molar-refractivity contribution in [1.29, 1.82) is 0 Å². The molecule has 3 aromatic rings. The Bertz CT molecular complexity index is 1300. The molecule has 194 valence electrons. The van der Waals surface area contributed by atoms with E-state index >= 15 is 0 Å². The van der Waals surface area contributed by atoms with Gasteiger partial charge in [-0.3, -0.25) is 4.72 Å². The largest absolute Gasteiger partial charge is 0.436 e. The normalized spacial score (nSPS) is 18.6. The average Bonchev–Trinajstić information content (AvgIpc) is 3.13. The van der Waals surface area contributed by atoms with Gasteiger partial charge in [0.2, 0.25) is 21.9 Å². The first kappa shape index (κ1) is 26.0. The third-order valence-electron chi connectivity index (χ3n) is 4.79. The molecule has 0 radical (unpaired) electrons. The zero-order valence-corrected chi connectivity index (χ0v) is 20.3. The van der Waals surface area contributed by atoms with Crippen LogP contribution >= 0.6 is 11.3 Å². The molecule has 10 nitrogen and oxygen atoms in total. The minimum atomic E-state index is -4.88. The molecule has 36 heavy (non-hydrogen) atoms. The maximum absolute atomic E-state index is 13.7. The van der Waals surface area contributed by atoms with E-state index in [1.807, 2.05) is 0 Å². The lowest BCUT2D eigenvalue weighted by Crippen LogP contribution is -2.44.